The van der Waals surface area contributed by atoms with Gasteiger partial charge in [-0.25, -0.2) is 0 Å². The third-order valence-corrected chi connectivity index (χ3v) is 7.40. The van der Waals surface area contributed by atoms with Crippen LogP contribution in [0.4, 0.5) is 0 Å². The zero-order valence-corrected chi connectivity index (χ0v) is 16.2. The Morgan fingerprint density at radius 3 is 3.07 bits per heavy atom. The Balaban J connectivity index is 1.45. The Hall–Kier alpha value is -2.86. The van der Waals surface area contributed by atoms with E-state index in [2.05, 4.69) is 34.4 Å². The molecule has 1 amide bonds. The highest BCUT2D eigenvalue weighted by molar-refractivity contribution is 5.94. The van der Waals surface area contributed by atoms with Crippen molar-refractivity contribution in [3.8, 4) is 11.5 Å². The van der Waals surface area contributed by atoms with Crippen molar-refractivity contribution in [2.75, 3.05) is 13.6 Å². The molecule has 1 aromatic carbocycles. The number of rotatable bonds is 2. The summed E-state index contributed by atoms with van der Waals surface area (Å²) in [7, 11) is 2.19. The molecule has 3 heterocycles. The standard InChI is InChI=1S/C23H23N3O3/c1-26-10-8-23-15-5-6-16(25-22(28)14-3-2-9-24-12-14)21(23)29-20-18(27)7-4-13(19(20)23)11-17(15)26/h2-7,9,12,15-17,21,27H,8,10-11H2,1H3,(H,25,28)/t15-,16-,17+,21-,23-/m0/s1. The lowest BCUT2D eigenvalue weighted by molar-refractivity contribution is -0.00855. The normalized spacial score (nSPS) is 33.7. The van der Waals surface area contributed by atoms with Crippen LogP contribution in [-0.2, 0) is 11.8 Å². The number of likely N-dealkylation sites (N-methyl/N-ethyl adjacent to an activating group) is 1. The van der Waals surface area contributed by atoms with Gasteiger partial charge in [0, 0.05) is 35.3 Å². The van der Waals surface area contributed by atoms with E-state index in [0.717, 1.165) is 19.4 Å². The number of nitrogens with one attached hydrogen (secondary N) is 1. The van der Waals surface area contributed by atoms with Gasteiger partial charge in [0.2, 0.25) is 0 Å². The van der Waals surface area contributed by atoms with Crippen LogP contribution in [-0.4, -0.2) is 52.7 Å². The van der Waals surface area contributed by atoms with Gasteiger partial charge in [0.05, 0.1) is 11.6 Å². The van der Waals surface area contributed by atoms with Gasteiger partial charge < -0.3 is 20.1 Å². The number of hydrogen-bond acceptors (Lipinski definition) is 5. The highest BCUT2D eigenvalue weighted by Gasteiger charge is 2.64. The molecule has 2 aliphatic carbocycles. The lowest BCUT2D eigenvalue weighted by Crippen LogP contribution is -2.66. The molecule has 1 spiro atoms. The van der Waals surface area contributed by atoms with Gasteiger partial charge >= 0.3 is 0 Å². The number of aromatic hydroxyl groups is 1. The summed E-state index contributed by atoms with van der Waals surface area (Å²) in [5, 5.41) is 13.7. The van der Waals surface area contributed by atoms with Crippen LogP contribution in [0.3, 0.4) is 0 Å². The number of carbonyl (C=O) groups excluding carboxylic acids is 1. The van der Waals surface area contributed by atoms with Gasteiger partial charge in [-0.2, -0.15) is 0 Å². The number of pyridine rings is 1. The number of piperidine rings is 1. The Bertz CT molecular complexity index is 1040. The van der Waals surface area contributed by atoms with Gasteiger partial charge in [0.25, 0.3) is 5.91 Å². The van der Waals surface area contributed by atoms with Crippen molar-refractivity contribution in [3.63, 3.8) is 0 Å². The largest absolute Gasteiger partial charge is 0.504 e. The van der Waals surface area contributed by atoms with E-state index in [-0.39, 0.29) is 29.2 Å². The molecule has 6 nitrogen and oxygen atoms in total. The van der Waals surface area contributed by atoms with E-state index in [1.807, 2.05) is 6.07 Å². The highest BCUT2D eigenvalue weighted by atomic mass is 16.5. The first-order chi connectivity index (χ1) is 14.1. The summed E-state index contributed by atoms with van der Waals surface area (Å²) in [5.74, 6) is 0.964. The van der Waals surface area contributed by atoms with Crippen LogP contribution in [0.15, 0.2) is 48.8 Å². The van der Waals surface area contributed by atoms with Crippen LogP contribution in [0.2, 0.25) is 0 Å². The summed E-state index contributed by atoms with van der Waals surface area (Å²) < 4.78 is 6.44. The number of hydrogen-bond donors (Lipinski definition) is 2. The van der Waals surface area contributed by atoms with Gasteiger partial charge in [0.15, 0.2) is 11.5 Å². The monoisotopic (exact) mass is 389 g/mol. The number of amides is 1. The fourth-order valence-electron chi connectivity index (χ4n) is 6.12. The molecule has 1 fully saturated rings. The van der Waals surface area contributed by atoms with E-state index in [9.17, 15) is 9.90 Å². The SMILES string of the molecule is CN1CC[C@]23c4c5ccc(O)c4O[C@H]2[C@@H](NC(=O)c2cccnc2)C=C[C@H]3[C@H]1C5. The fourth-order valence-corrected chi connectivity index (χ4v) is 6.12. The first-order valence-corrected chi connectivity index (χ1v) is 10.2. The summed E-state index contributed by atoms with van der Waals surface area (Å²) in [6.45, 7) is 0.979. The van der Waals surface area contributed by atoms with E-state index in [4.69, 9.17) is 4.74 Å². The third-order valence-electron chi connectivity index (χ3n) is 7.40. The van der Waals surface area contributed by atoms with Crippen LogP contribution in [0, 0.1) is 5.92 Å². The minimum Gasteiger partial charge on any atom is -0.504 e. The topological polar surface area (TPSA) is 74.7 Å². The molecular weight excluding hydrogens is 366 g/mol. The minimum atomic E-state index is -0.263. The molecule has 2 bridgehead atoms. The molecule has 4 aliphatic rings. The summed E-state index contributed by atoms with van der Waals surface area (Å²) in [6.07, 6.45) is 9.27. The molecule has 5 atom stereocenters. The number of carbonyl (C=O) groups is 1. The van der Waals surface area contributed by atoms with Crippen molar-refractivity contribution in [1.29, 1.82) is 0 Å². The zero-order chi connectivity index (χ0) is 19.8. The van der Waals surface area contributed by atoms with Crippen LogP contribution in [0.1, 0.15) is 27.9 Å². The van der Waals surface area contributed by atoms with Gasteiger partial charge in [-0.1, -0.05) is 18.2 Å². The van der Waals surface area contributed by atoms with Crippen LogP contribution in [0.5, 0.6) is 11.5 Å². The molecule has 1 saturated heterocycles. The number of likely N-dealkylation sites (tertiary alicyclic amines) is 1. The predicted molar refractivity (Wildman–Crippen MR) is 107 cm³/mol. The van der Waals surface area contributed by atoms with Crippen molar-refractivity contribution in [3.05, 3.63) is 65.5 Å². The number of phenolic OH excluding ortho intramolecular Hbond substituents is 1. The molecule has 6 rings (SSSR count). The quantitative estimate of drug-likeness (QED) is 0.769. The van der Waals surface area contributed by atoms with E-state index in [1.54, 1.807) is 30.6 Å². The van der Waals surface area contributed by atoms with Gasteiger partial charge in [-0.05, 0) is 50.2 Å². The number of phenols is 1. The predicted octanol–water partition coefficient (Wildman–Crippen LogP) is 2.03. The molecule has 2 aliphatic heterocycles. The first kappa shape index (κ1) is 17.0. The maximum absolute atomic E-state index is 12.8. The molecule has 0 radical (unpaired) electrons. The molecular formula is C23H23N3O3. The average molecular weight is 389 g/mol. The van der Waals surface area contributed by atoms with E-state index in [1.165, 1.54) is 11.1 Å². The Morgan fingerprint density at radius 2 is 2.24 bits per heavy atom. The summed E-state index contributed by atoms with van der Waals surface area (Å²) in [5.41, 5.74) is 2.76. The molecule has 6 heteroatoms. The van der Waals surface area contributed by atoms with Crippen molar-refractivity contribution < 1.29 is 14.6 Å². The average Bonchev–Trinajstić information content (AvgIpc) is 3.10. The van der Waals surface area contributed by atoms with Crippen molar-refractivity contribution >= 4 is 5.91 Å². The molecule has 0 saturated carbocycles. The molecule has 2 N–H and O–H groups in total. The first-order valence-electron chi connectivity index (χ1n) is 10.2. The van der Waals surface area contributed by atoms with Crippen molar-refractivity contribution in [2.24, 2.45) is 5.92 Å². The summed E-state index contributed by atoms with van der Waals surface area (Å²) in [4.78, 5) is 19.3. The highest BCUT2D eigenvalue weighted by Crippen LogP contribution is 2.62. The summed E-state index contributed by atoms with van der Waals surface area (Å²) in [6, 6.07) is 7.45. The number of benzene rings is 1. The van der Waals surface area contributed by atoms with Crippen LogP contribution < -0.4 is 10.1 Å². The second kappa shape index (κ2) is 5.83. The molecule has 0 unspecified atom stereocenters. The van der Waals surface area contributed by atoms with Gasteiger partial charge in [0.1, 0.15) is 6.10 Å². The van der Waals surface area contributed by atoms with Gasteiger partial charge in [-0.15, -0.1) is 0 Å². The number of nitrogens with zero attached hydrogens (tertiary/aromatic N) is 2. The molecule has 29 heavy (non-hydrogen) atoms. The maximum atomic E-state index is 12.8. The second-order valence-electron chi connectivity index (χ2n) is 8.68. The maximum Gasteiger partial charge on any atom is 0.253 e. The minimum absolute atomic E-state index is 0.160. The summed E-state index contributed by atoms with van der Waals surface area (Å²) >= 11 is 0. The van der Waals surface area contributed by atoms with Crippen LogP contribution >= 0.6 is 0 Å². The lowest BCUT2D eigenvalue weighted by Gasteiger charge is -2.57. The second-order valence-corrected chi connectivity index (χ2v) is 8.68. The van der Waals surface area contributed by atoms with E-state index >= 15 is 0 Å². The Labute approximate surface area is 169 Å². The van der Waals surface area contributed by atoms with Crippen molar-refractivity contribution in [2.45, 2.75) is 36.4 Å². The van der Waals surface area contributed by atoms with Crippen LogP contribution in [0.25, 0.3) is 0 Å². The number of ether oxygens (including phenoxy) is 1. The van der Waals surface area contributed by atoms with E-state index in [0.29, 0.717) is 23.3 Å². The van der Waals surface area contributed by atoms with Gasteiger partial charge in [-0.3, -0.25) is 9.78 Å². The Morgan fingerprint density at radius 1 is 1.34 bits per heavy atom. The molecule has 2 aromatic rings. The smallest absolute Gasteiger partial charge is 0.253 e. The lowest BCUT2D eigenvalue weighted by atomic mass is 9.53. The molecule has 148 valence electrons. The number of aromatic nitrogens is 1. The van der Waals surface area contributed by atoms with E-state index < -0.39 is 0 Å². The molecule has 1 aromatic heterocycles. The fraction of sp³-hybridized carbons (Fsp3) is 0.391. The zero-order valence-electron chi connectivity index (χ0n) is 16.2. The Kier molecular flexibility index (Phi) is 3.42. The van der Waals surface area contributed by atoms with Crippen molar-refractivity contribution in [1.82, 2.24) is 15.2 Å². The third kappa shape index (κ3) is 2.15.